The monoisotopic (exact) mass is 481 g/mol. The van der Waals surface area contributed by atoms with E-state index in [1.54, 1.807) is 0 Å². The Kier molecular flexibility index (Phi) is 5.21. The molecule has 36 heavy (non-hydrogen) atoms. The van der Waals surface area contributed by atoms with Gasteiger partial charge in [0.2, 0.25) is 0 Å². The van der Waals surface area contributed by atoms with Crippen LogP contribution < -0.4 is 9.47 Å². The topological polar surface area (TPSA) is 57.2 Å². The maximum absolute atomic E-state index is 13.4. The van der Waals surface area contributed by atoms with Crippen LogP contribution in [0.3, 0.4) is 0 Å². The third-order valence-electron chi connectivity index (χ3n) is 7.66. The molecule has 1 amide bonds. The Morgan fingerprint density at radius 2 is 1.61 bits per heavy atom. The number of rotatable bonds is 3. The molecule has 6 heteroatoms. The van der Waals surface area contributed by atoms with Gasteiger partial charge in [0.1, 0.15) is 19.8 Å². The van der Waals surface area contributed by atoms with Crippen molar-refractivity contribution in [3.63, 3.8) is 0 Å². The number of fused-ring (bicyclic) bond motifs is 6. The maximum Gasteiger partial charge on any atom is 0.410 e. The quantitative estimate of drug-likeness (QED) is 0.511. The Balaban J connectivity index is 1.11. The molecule has 6 nitrogen and oxygen atoms in total. The molecule has 7 rings (SSSR count). The highest BCUT2D eigenvalue weighted by Gasteiger charge is 2.40. The molecule has 0 N–H and O–H groups in total. The van der Waals surface area contributed by atoms with Gasteiger partial charge < -0.3 is 18.9 Å². The highest BCUT2D eigenvalue weighted by atomic mass is 16.6. The summed E-state index contributed by atoms with van der Waals surface area (Å²) in [6, 6.07) is 22.6. The second-order valence-electron chi connectivity index (χ2n) is 9.72. The Morgan fingerprint density at radius 1 is 0.889 bits per heavy atom. The van der Waals surface area contributed by atoms with Crippen molar-refractivity contribution in [3.8, 4) is 22.6 Å². The summed E-state index contributed by atoms with van der Waals surface area (Å²) in [5.74, 6) is 1.61. The highest BCUT2D eigenvalue weighted by Crippen LogP contribution is 2.45. The number of carbonyl (C=O) groups is 1. The van der Waals surface area contributed by atoms with Gasteiger partial charge in [0.15, 0.2) is 11.5 Å². The summed E-state index contributed by atoms with van der Waals surface area (Å²) in [5, 5.41) is 0. The SMILES string of the molecule is O=C(OCC1c2ccccc2-c2ccccc21)N1C2C=C(c3ccc4c(c3)OCCO4)CC1COC2. The van der Waals surface area contributed by atoms with Crippen LogP contribution in [0.25, 0.3) is 16.7 Å². The first kappa shape index (κ1) is 21.5. The van der Waals surface area contributed by atoms with Gasteiger partial charge in [0.25, 0.3) is 0 Å². The molecule has 4 aliphatic rings. The zero-order valence-corrected chi connectivity index (χ0v) is 19.9. The molecule has 182 valence electrons. The minimum atomic E-state index is -0.271. The average molecular weight is 482 g/mol. The summed E-state index contributed by atoms with van der Waals surface area (Å²) >= 11 is 0. The molecule has 0 saturated carbocycles. The van der Waals surface area contributed by atoms with E-state index in [1.165, 1.54) is 27.8 Å². The van der Waals surface area contributed by atoms with Crippen molar-refractivity contribution in [2.75, 3.05) is 33.0 Å². The predicted octanol–water partition coefficient (Wildman–Crippen LogP) is 5.26. The lowest BCUT2D eigenvalue weighted by molar-refractivity contribution is -0.0331. The molecule has 1 saturated heterocycles. The molecule has 1 aliphatic carbocycles. The van der Waals surface area contributed by atoms with Gasteiger partial charge in [-0.3, -0.25) is 4.90 Å². The molecule has 3 aromatic rings. The Hall–Kier alpha value is -3.77. The molecule has 2 unspecified atom stereocenters. The highest BCUT2D eigenvalue weighted by molar-refractivity contribution is 5.79. The summed E-state index contributed by atoms with van der Waals surface area (Å²) in [4.78, 5) is 15.3. The molecule has 1 fully saturated rings. The van der Waals surface area contributed by atoms with Crippen molar-refractivity contribution in [2.45, 2.75) is 24.4 Å². The maximum atomic E-state index is 13.4. The summed E-state index contributed by atoms with van der Waals surface area (Å²) in [6.07, 6.45) is 2.58. The lowest BCUT2D eigenvalue weighted by atomic mass is 9.90. The predicted molar refractivity (Wildman–Crippen MR) is 135 cm³/mol. The van der Waals surface area contributed by atoms with Crippen molar-refractivity contribution >= 4 is 11.7 Å². The first-order valence-electron chi connectivity index (χ1n) is 12.6. The van der Waals surface area contributed by atoms with E-state index in [0.717, 1.165) is 17.1 Å². The molecule has 2 atom stereocenters. The lowest BCUT2D eigenvalue weighted by Gasteiger charge is -2.44. The number of hydrogen-bond acceptors (Lipinski definition) is 5. The minimum absolute atomic E-state index is 0.0473. The van der Waals surface area contributed by atoms with Crippen LogP contribution in [0.2, 0.25) is 0 Å². The van der Waals surface area contributed by atoms with Crippen molar-refractivity contribution < 1.29 is 23.7 Å². The van der Waals surface area contributed by atoms with Crippen LogP contribution in [0.5, 0.6) is 11.5 Å². The third kappa shape index (κ3) is 3.56. The van der Waals surface area contributed by atoms with Crippen LogP contribution in [-0.4, -0.2) is 56.1 Å². The van der Waals surface area contributed by atoms with E-state index in [0.29, 0.717) is 39.5 Å². The van der Waals surface area contributed by atoms with E-state index < -0.39 is 0 Å². The summed E-state index contributed by atoms with van der Waals surface area (Å²) < 4.78 is 23.3. The molecule has 3 aliphatic heterocycles. The van der Waals surface area contributed by atoms with Gasteiger partial charge in [-0.1, -0.05) is 60.7 Å². The first-order valence-corrected chi connectivity index (χ1v) is 12.6. The number of ether oxygens (including phenoxy) is 4. The zero-order chi connectivity index (χ0) is 24.1. The minimum Gasteiger partial charge on any atom is -0.486 e. The normalized spacial score (nSPS) is 21.9. The van der Waals surface area contributed by atoms with Gasteiger partial charge in [0, 0.05) is 5.92 Å². The van der Waals surface area contributed by atoms with Crippen molar-refractivity contribution in [2.24, 2.45) is 0 Å². The molecule has 2 bridgehead atoms. The van der Waals surface area contributed by atoms with Crippen molar-refractivity contribution in [1.29, 1.82) is 0 Å². The zero-order valence-electron chi connectivity index (χ0n) is 19.9. The van der Waals surface area contributed by atoms with Gasteiger partial charge in [0.05, 0.1) is 25.3 Å². The van der Waals surface area contributed by atoms with Crippen molar-refractivity contribution in [3.05, 3.63) is 89.5 Å². The second-order valence-corrected chi connectivity index (χ2v) is 9.72. The van der Waals surface area contributed by atoms with E-state index >= 15 is 0 Å². The van der Waals surface area contributed by atoms with Gasteiger partial charge >= 0.3 is 6.09 Å². The van der Waals surface area contributed by atoms with Crippen molar-refractivity contribution in [1.82, 2.24) is 4.90 Å². The van der Waals surface area contributed by atoms with Crippen LogP contribution in [-0.2, 0) is 9.47 Å². The van der Waals surface area contributed by atoms with E-state index in [4.69, 9.17) is 18.9 Å². The molecule has 0 spiro atoms. The molecule has 0 aromatic heterocycles. The number of carbonyl (C=O) groups excluding carboxylic acids is 1. The molecule has 3 aromatic carbocycles. The summed E-state index contributed by atoms with van der Waals surface area (Å²) in [5.41, 5.74) is 7.19. The fourth-order valence-electron chi connectivity index (χ4n) is 6.01. The Labute approximate surface area is 210 Å². The average Bonchev–Trinajstić information content (AvgIpc) is 3.24. The van der Waals surface area contributed by atoms with Crippen LogP contribution in [0.1, 0.15) is 29.0 Å². The van der Waals surface area contributed by atoms with E-state index in [2.05, 4.69) is 60.7 Å². The number of amides is 1. The number of benzene rings is 3. The largest absolute Gasteiger partial charge is 0.486 e. The lowest BCUT2D eigenvalue weighted by Crippen LogP contribution is -2.56. The fraction of sp³-hybridized carbons (Fsp3) is 0.300. The second kappa shape index (κ2) is 8.71. The van der Waals surface area contributed by atoms with Crippen LogP contribution in [0.4, 0.5) is 4.79 Å². The summed E-state index contributed by atoms with van der Waals surface area (Å²) in [7, 11) is 0. The molecular weight excluding hydrogens is 454 g/mol. The van der Waals surface area contributed by atoms with Gasteiger partial charge in [-0.2, -0.15) is 0 Å². The third-order valence-corrected chi connectivity index (χ3v) is 7.66. The van der Waals surface area contributed by atoms with Crippen LogP contribution in [0, 0.1) is 0 Å². The van der Waals surface area contributed by atoms with Gasteiger partial charge in [-0.15, -0.1) is 0 Å². The molecular formula is C30H27NO5. The Bertz CT molecular complexity index is 1320. The molecule has 0 radical (unpaired) electrons. The van der Waals surface area contributed by atoms with E-state index in [9.17, 15) is 4.79 Å². The van der Waals surface area contributed by atoms with Gasteiger partial charge in [-0.25, -0.2) is 4.79 Å². The van der Waals surface area contributed by atoms with E-state index in [1.807, 2.05) is 17.0 Å². The van der Waals surface area contributed by atoms with Crippen LogP contribution >= 0.6 is 0 Å². The fourth-order valence-corrected chi connectivity index (χ4v) is 6.01. The molecule has 3 heterocycles. The number of nitrogens with zero attached hydrogens (tertiary/aromatic N) is 1. The standard InChI is InChI=1S/C30H27NO5/c32-30(36-18-27-25-7-3-1-5-23(25)24-6-2-4-8-26(24)27)31-21-13-20(14-22(31)17-33-16-21)19-9-10-28-29(15-19)35-12-11-34-28/h1-10,13,15,21-22,27H,11-12,14,16-18H2. The number of hydrogen-bond donors (Lipinski definition) is 0. The smallest absolute Gasteiger partial charge is 0.410 e. The van der Waals surface area contributed by atoms with E-state index in [-0.39, 0.29) is 24.1 Å². The summed E-state index contributed by atoms with van der Waals surface area (Å²) in [6.45, 7) is 2.43. The van der Waals surface area contributed by atoms with Crippen LogP contribution in [0.15, 0.2) is 72.8 Å². The first-order chi connectivity index (χ1) is 17.8. The van der Waals surface area contributed by atoms with Gasteiger partial charge in [-0.05, 0) is 51.9 Å². The number of morpholine rings is 1. The Morgan fingerprint density at radius 3 is 2.36 bits per heavy atom.